The predicted molar refractivity (Wildman–Crippen MR) is 206 cm³/mol. The number of halogens is 2. The molecule has 0 unspecified atom stereocenters. The second-order valence-corrected chi connectivity index (χ2v) is 14.6. The topological polar surface area (TPSA) is 151 Å². The fourth-order valence-corrected chi connectivity index (χ4v) is 7.71. The molecule has 3 heterocycles. The summed E-state index contributed by atoms with van der Waals surface area (Å²) in [6.45, 7) is 4.73. The van der Waals surface area contributed by atoms with E-state index in [4.69, 9.17) is 21.1 Å². The summed E-state index contributed by atoms with van der Waals surface area (Å²) >= 11 is 10.6. The Morgan fingerprint density at radius 1 is 1.02 bits per heavy atom. The lowest BCUT2D eigenvalue weighted by Gasteiger charge is -2.30. The molecule has 0 bridgehead atoms. The smallest absolute Gasteiger partial charge is 0.323 e. The van der Waals surface area contributed by atoms with Crippen molar-refractivity contribution in [2.45, 2.75) is 57.6 Å². The molecular weight excluding hydrogens is 762 g/mol. The van der Waals surface area contributed by atoms with E-state index >= 15 is 0 Å². The number of piperidine rings is 1. The Morgan fingerprint density at radius 2 is 1.79 bits per heavy atom. The average Bonchev–Trinajstić information content (AvgIpc) is 3.58. The van der Waals surface area contributed by atoms with Crippen molar-refractivity contribution in [2.75, 3.05) is 44.2 Å². The average molecular weight is 805 g/mol. The molecule has 2 aliphatic heterocycles. The van der Waals surface area contributed by atoms with Crippen LogP contribution in [0.25, 0.3) is 11.1 Å². The third-order valence-electron chi connectivity index (χ3n) is 9.79. The van der Waals surface area contributed by atoms with Gasteiger partial charge in [0.15, 0.2) is 0 Å². The molecule has 13 heteroatoms. The summed E-state index contributed by atoms with van der Waals surface area (Å²) in [5, 5.41) is 41.1. The van der Waals surface area contributed by atoms with E-state index in [1.165, 1.54) is 23.0 Å². The van der Waals surface area contributed by atoms with E-state index in [0.717, 1.165) is 74.0 Å². The summed E-state index contributed by atoms with van der Waals surface area (Å²) in [5.41, 5.74) is 7.45. The molecule has 53 heavy (non-hydrogen) atoms. The first-order valence-corrected chi connectivity index (χ1v) is 18.9. The Kier molecular flexibility index (Phi) is 13.2. The van der Waals surface area contributed by atoms with Crippen LogP contribution in [0, 0.1) is 11.3 Å². The molecule has 1 fully saturated rings. The highest BCUT2D eigenvalue weighted by molar-refractivity contribution is 9.10. The number of benzene rings is 3. The van der Waals surface area contributed by atoms with Crippen LogP contribution in [0.1, 0.15) is 47.1 Å². The van der Waals surface area contributed by atoms with Crippen molar-refractivity contribution in [3.63, 3.8) is 0 Å². The molecule has 1 atom stereocenters. The number of nitrogens with one attached hydrogen (secondary N) is 1. The van der Waals surface area contributed by atoms with Crippen LogP contribution in [-0.2, 0) is 31.0 Å². The van der Waals surface area contributed by atoms with Gasteiger partial charge < -0.3 is 34.6 Å². The predicted octanol–water partition coefficient (Wildman–Crippen LogP) is 5.94. The van der Waals surface area contributed by atoms with Crippen LogP contribution in [0.5, 0.6) is 11.5 Å². The number of aromatic nitrogens is 1. The van der Waals surface area contributed by atoms with Gasteiger partial charge in [-0.1, -0.05) is 41.9 Å². The molecule has 1 saturated heterocycles. The van der Waals surface area contributed by atoms with Gasteiger partial charge in [-0.15, -0.1) is 0 Å². The lowest BCUT2D eigenvalue weighted by atomic mass is 9.96. The van der Waals surface area contributed by atoms with Crippen molar-refractivity contribution in [3.05, 3.63) is 104 Å². The minimum Gasteiger partial charge on any atom is -0.488 e. The van der Waals surface area contributed by atoms with Crippen LogP contribution in [0.4, 0.5) is 5.69 Å². The minimum atomic E-state index is -1.18. The monoisotopic (exact) mass is 803 g/mol. The number of rotatable bonds is 16. The summed E-state index contributed by atoms with van der Waals surface area (Å²) in [6, 6.07) is 18.5. The van der Waals surface area contributed by atoms with Gasteiger partial charge in [0.05, 0.1) is 23.3 Å². The van der Waals surface area contributed by atoms with Crippen LogP contribution in [0.15, 0.2) is 71.5 Å². The van der Waals surface area contributed by atoms with Crippen LogP contribution < -0.4 is 19.7 Å². The fourth-order valence-electron chi connectivity index (χ4n) is 6.88. The number of anilines is 1. The van der Waals surface area contributed by atoms with E-state index in [1.54, 1.807) is 24.4 Å². The lowest BCUT2D eigenvalue weighted by molar-refractivity contribution is -0.140. The summed E-state index contributed by atoms with van der Waals surface area (Å²) in [7, 11) is 0. The number of carboxylic acid groups (broad SMARTS) is 1. The summed E-state index contributed by atoms with van der Waals surface area (Å²) < 4.78 is 13.4. The van der Waals surface area contributed by atoms with Crippen LogP contribution in [0.2, 0.25) is 5.02 Å². The van der Waals surface area contributed by atoms with Crippen molar-refractivity contribution in [1.82, 2.24) is 15.2 Å². The number of hydrogen-bond acceptors (Lipinski definition) is 10. The Balaban J connectivity index is 1.17. The molecule has 4 aromatic rings. The first-order valence-electron chi connectivity index (χ1n) is 17.8. The van der Waals surface area contributed by atoms with E-state index in [-0.39, 0.29) is 25.9 Å². The molecule has 278 valence electrons. The summed E-state index contributed by atoms with van der Waals surface area (Å²) in [6.07, 6.45) is 6.70. The molecular formula is C40H43BrClN5O6. The number of hydrogen-bond donors (Lipinski definition) is 4. The van der Waals surface area contributed by atoms with Crippen molar-refractivity contribution in [2.24, 2.45) is 0 Å². The lowest BCUT2D eigenvalue weighted by Crippen LogP contribution is -2.39. The second-order valence-electron chi connectivity index (χ2n) is 13.4. The van der Waals surface area contributed by atoms with Gasteiger partial charge in [0.1, 0.15) is 36.8 Å². The number of aliphatic carboxylic acids is 1. The van der Waals surface area contributed by atoms with E-state index in [9.17, 15) is 25.4 Å². The molecule has 0 saturated carbocycles. The zero-order valence-corrected chi connectivity index (χ0v) is 31.7. The standard InChI is InChI=1S/C40H43BrClN5O6/c41-39-28(4-1-6-33(39)31-5-2-7-36-32(31)10-15-47(36)12-3-11-46-13-8-30(49)9-14-46)25-53-38-18-37(52-24-27-16-26(19-43)20-44-21-27)29(17-34(38)42)22-45-35(23-48)40(50)51/h1-2,4-7,16-18,20-21,30,35,45,48-49H,3,8-15,22-25H2,(H,50,51)/t35-/m0/s1. The number of nitrogens with zero attached hydrogens (tertiary/aromatic N) is 4. The quantitative estimate of drug-likeness (QED) is 0.107. The highest BCUT2D eigenvalue weighted by atomic mass is 79.9. The number of ether oxygens (including phenoxy) is 2. The maximum Gasteiger partial charge on any atom is 0.323 e. The van der Waals surface area contributed by atoms with Gasteiger partial charge in [-0.3, -0.25) is 15.1 Å². The number of carboxylic acids is 1. The van der Waals surface area contributed by atoms with Crippen LogP contribution in [0.3, 0.4) is 0 Å². The van der Waals surface area contributed by atoms with Gasteiger partial charge in [-0.05, 0) is 83.0 Å². The van der Waals surface area contributed by atoms with Gasteiger partial charge >= 0.3 is 5.97 Å². The molecule has 4 N–H and O–H groups in total. The SMILES string of the molecule is N#Cc1cncc(COc2cc(OCc3cccc(-c4cccc5c4CCN5CCCN4CCC(O)CC4)c3Br)c(Cl)cc2CN[C@@H](CO)C(=O)O)c1. The number of carbonyl (C=O) groups is 1. The summed E-state index contributed by atoms with van der Waals surface area (Å²) in [5.74, 6) is -0.411. The van der Waals surface area contributed by atoms with Crippen molar-refractivity contribution >= 4 is 39.2 Å². The molecule has 0 radical (unpaired) electrons. The first-order chi connectivity index (χ1) is 25.7. The number of aliphatic hydroxyl groups excluding tert-OH is 2. The third-order valence-corrected chi connectivity index (χ3v) is 11.0. The second kappa shape index (κ2) is 18.2. The number of fused-ring (bicyclic) bond motifs is 1. The maximum absolute atomic E-state index is 11.5. The Hall–Kier alpha value is -4.22. The van der Waals surface area contributed by atoms with Crippen molar-refractivity contribution < 1.29 is 29.6 Å². The van der Waals surface area contributed by atoms with Crippen molar-refractivity contribution in [3.8, 4) is 28.7 Å². The minimum absolute atomic E-state index is 0.0548. The maximum atomic E-state index is 11.5. The molecule has 2 aliphatic rings. The van der Waals surface area contributed by atoms with E-state index in [2.05, 4.69) is 66.4 Å². The zero-order valence-electron chi connectivity index (χ0n) is 29.3. The number of likely N-dealkylation sites (tertiary alicyclic amines) is 1. The molecule has 11 nitrogen and oxygen atoms in total. The Labute approximate surface area is 322 Å². The Morgan fingerprint density at radius 3 is 2.57 bits per heavy atom. The molecule has 6 rings (SSSR count). The van der Waals surface area contributed by atoms with Gasteiger partial charge in [-0.2, -0.15) is 5.26 Å². The van der Waals surface area contributed by atoms with Crippen LogP contribution in [-0.4, -0.2) is 82.6 Å². The highest BCUT2D eigenvalue weighted by Crippen LogP contribution is 2.41. The van der Waals surface area contributed by atoms with Gasteiger partial charge in [0, 0.05) is 78.0 Å². The van der Waals surface area contributed by atoms with Gasteiger partial charge in [0.2, 0.25) is 0 Å². The first kappa shape index (κ1) is 38.5. The third kappa shape index (κ3) is 9.67. The van der Waals surface area contributed by atoms with E-state index < -0.39 is 18.6 Å². The Bertz CT molecular complexity index is 1950. The summed E-state index contributed by atoms with van der Waals surface area (Å²) in [4.78, 5) is 20.6. The highest BCUT2D eigenvalue weighted by Gasteiger charge is 2.24. The van der Waals surface area contributed by atoms with Crippen molar-refractivity contribution in [1.29, 1.82) is 5.26 Å². The zero-order chi connectivity index (χ0) is 37.3. The van der Waals surface area contributed by atoms with Crippen LogP contribution >= 0.6 is 27.5 Å². The molecule has 3 aromatic carbocycles. The number of pyridine rings is 1. The molecule has 0 amide bonds. The van der Waals surface area contributed by atoms with E-state index in [1.807, 2.05) is 12.1 Å². The van der Waals surface area contributed by atoms with E-state index in [0.29, 0.717) is 33.2 Å². The molecule has 0 spiro atoms. The van der Waals surface area contributed by atoms with Gasteiger partial charge in [0.25, 0.3) is 0 Å². The normalized spacial score (nSPS) is 15.2. The largest absolute Gasteiger partial charge is 0.488 e. The molecule has 0 aliphatic carbocycles. The van der Waals surface area contributed by atoms with Gasteiger partial charge in [-0.25, -0.2) is 0 Å². The fraction of sp³-hybridized carbons (Fsp3) is 0.375. The number of nitriles is 1. The molecule has 1 aromatic heterocycles. The number of aliphatic hydroxyl groups is 2.